The minimum absolute atomic E-state index is 0.861. The van der Waals surface area contributed by atoms with Crippen molar-refractivity contribution < 1.29 is 4.58 Å². The lowest BCUT2D eigenvalue weighted by atomic mass is 10.1. The Balaban J connectivity index is 2.22. The van der Waals surface area contributed by atoms with Gasteiger partial charge in [-0.2, -0.15) is 0 Å². The van der Waals surface area contributed by atoms with Gasteiger partial charge >= 0.3 is 0 Å². The topological polar surface area (TPSA) is 3.01 Å². The molecule has 2 fully saturated rings. The second-order valence-electron chi connectivity index (χ2n) is 3.10. The van der Waals surface area contributed by atoms with Crippen molar-refractivity contribution in [3.63, 3.8) is 0 Å². The van der Waals surface area contributed by atoms with Crippen LogP contribution in [0.5, 0.6) is 0 Å². The molecule has 2 bridgehead atoms. The van der Waals surface area contributed by atoms with E-state index in [1.165, 1.54) is 25.8 Å². The highest BCUT2D eigenvalue weighted by Crippen LogP contribution is 2.33. The maximum atomic E-state index is 3.95. The van der Waals surface area contributed by atoms with Gasteiger partial charge in [-0.25, -0.2) is 4.58 Å². The molecule has 0 radical (unpaired) electrons. The maximum Gasteiger partial charge on any atom is 0.152 e. The van der Waals surface area contributed by atoms with Crippen molar-refractivity contribution >= 4 is 6.72 Å². The van der Waals surface area contributed by atoms with Crippen LogP contribution in [0.3, 0.4) is 0 Å². The van der Waals surface area contributed by atoms with Crippen molar-refractivity contribution in [2.75, 3.05) is 6.54 Å². The Morgan fingerprint density at radius 2 is 2.25 bits per heavy atom. The molecule has 0 aromatic carbocycles. The van der Waals surface area contributed by atoms with Crippen LogP contribution < -0.4 is 0 Å². The summed E-state index contributed by atoms with van der Waals surface area (Å²) in [6.07, 6.45) is 4.31. The zero-order chi connectivity index (χ0) is 5.56. The third-order valence-electron chi connectivity index (χ3n) is 2.52. The maximum absolute atomic E-state index is 3.95. The fourth-order valence-corrected chi connectivity index (χ4v) is 2.03. The number of piperidine rings is 1. The molecule has 2 aliphatic rings. The third kappa shape index (κ3) is 0.445. The lowest BCUT2D eigenvalue weighted by Crippen LogP contribution is -2.19. The van der Waals surface area contributed by atoms with Crippen LogP contribution in [-0.2, 0) is 0 Å². The summed E-state index contributed by atoms with van der Waals surface area (Å²) >= 11 is 0. The molecule has 44 valence electrons. The van der Waals surface area contributed by atoms with Gasteiger partial charge in [0.2, 0.25) is 0 Å². The van der Waals surface area contributed by atoms with E-state index in [2.05, 4.69) is 11.3 Å². The molecule has 1 aliphatic carbocycles. The summed E-state index contributed by atoms with van der Waals surface area (Å²) in [6.45, 7) is 5.22. The Kier molecular flexibility index (Phi) is 0.758. The van der Waals surface area contributed by atoms with Crippen LogP contribution in [0, 0.1) is 5.92 Å². The summed E-state index contributed by atoms with van der Waals surface area (Å²) in [7, 11) is 0. The Morgan fingerprint density at radius 3 is 2.50 bits per heavy atom. The van der Waals surface area contributed by atoms with Gasteiger partial charge in [0, 0.05) is 18.8 Å². The van der Waals surface area contributed by atoms with Crippen molar-refractivity contribution in [3.05, 3.63) is 0 Å². The zero-order valence-corrected chi connectivity index (χ0v) is 5.14. The number of fused-ring (bicyclic) bond motifs is 2. The summed E-state index contributed by atoms with van der Waals surface area (Å²) in [5.41, 5.74) is 0. The monoisotopic (exact) mass is 110 g/mol. The highest BCUT2D eigenvalue weighted by molar-refractivity contribution is 5.16. The fraction of sp³-hybridized carbons (Fsp3) is 0.857. The van der Waals surface area contributed by atoms with E-state index in [-0.39, 0.29) is 0 Å². The quantitative estimate of drug-likeness (QED) is 0.407. The predicted molar refractivity (Wildman–Crippen MR) is 33.4 cm³/mol. The first-order chi connectivity index (χ1) is 3.86. The lowest BCUT2D eigenvalue weighted by molar-refractivity contribution is -0.545. The second kappa shape index (κ2) is 1.34. The van der Waals surface area contributed by atoms with Crippen LogP contribution in [0.15, 0.2) is 0 Å². The molecule has 0 amide bonds. The van der Waals surface area contributed by atoms with Gasteiger partial charge in [0.15, 0.2) is 6.04 Å². The van der Waals surface area contributed by atoms with E-state index in [4.69, 9.17) is 0 Å². The fourth-order valence-electron chi connectivity index (χ4n) is 2.03. The van der Waals surface area contributed by atoms with E-state index in [1.54, 1.807) is 0 Å². The Bertz CT molecular complexity index is 128. The van der Waals surface area contributed by atoms with Crippen LogP contribution in [0.2, 0.25) is 0 Å². The van der Waals surface area contributed by atoms with Crippen molar-refractivity contribution in [1.82, 2.24) is 0 Å². The second-order valence-corrected chi connectivity index (χ2v) is 3.10. The summed E-state index contributed by atoms with van der Waals surface area (Å²) in [5.74, 6) is 1.01. The minimum Gasteiger partial charge on any atom is -0.239 e. The van der Waals surface area contributed by atoms with Crippen molar-refractivity contribution in [2.45, 2.75) is 25.3 Å². The molecule has 1 nitrogen and oxygen atoms in total. The predicted octanol–water partition coefficient (Wildman–Crippen LogP) is 0.882. The Labute approximate surface area is 50.0 Å². The van der Waals surface area contributed by atoms with Crippen LogP contribution in [0.4, 0.5) is 0 Å². The molecule has 0 aromatic heterocycles. The van der Waals surface area contributed by atoms with Crippen LogP contribution in [0.1, 0.15) is 19.3 Å². The first kappa shape index (κ1) is 4.54. The van der Waals surface area contributed by atoms with E-state index < -0.39 is 0 Å². The van der Waals surface area contributed by atoms with E-state index in [0.717, 1.165) is 12.0 Å². The molecule has 2 rings (SSSR count). The molecule has 1 heteroatoms. The Hall–Kier alpha value is -0.330. The van der Waals surface area contributed by atoms with Gasteiger partial charge in [-0.3, -0.25) is 0 Å². The average molecular weight is 110 g/mol. The van der Waals surface area contributed by atoms with Crippen molar-refractivity contribution in [3.8, 4) is 0 Å². The SMILES string of the molecule is C=[N+]1CC2CCC1C2. The van der Waals surface area contributed by atoms with Gasteiger partial charge in [0.05, 0.1) is 0 Å². The molecular formula is C7H12N+. The highest BCUT2D eigenvalue weighted by Gasteiger charge is 2.40. The molecule has 0 N–H and O–H groups in total. The molecule has 2 unspecified atom stereocenters. The largest absolute Gasteiger partial charge is 0.239 e. The molecule has 1 saturated carbocycles. The van der Waals surface area contributed by atoms with Gasteiger partial charge in [0.1, 0.15) is 13.3 Å². The van der Waals surface area contributed by atoms with Gasteiger partial charge in [-0.05, 0) is 6.42 Å². The average Bonchev–Trinajstić information content (AvgIpc) is 2.23. The summed E-state index contributed by atoms with van der Waals surface area (Å²) < 4.78 is 2.26. The van der Waals surface area contributed by atoms with E-state index in [0.29, 0.717) is 0 Å². The van der Waals surface area contributed by atoms with Gasteiger partial charge in [0.25, 0.3) is 0 Å². The standard InChI is InChI=1S/C7H12N/c1-8-5-6-2-3-7(8)4-6/h6-7H,1-5H2/q+1. The summed E-state index contributed by atoms with van der Waals surface area (Å²) in [6, 6.07) is 0.861. The molecule has 1 saturated heterocycles. The molecule has 8 heavy (non-hydrogen) atoms. The van der Waals surface area contributed by atoms with Gasteiger partial charge in [-0.1, -0.05) is 0 Å². The third-order valence-corrected chi connectivity index (χ3v) is 2.52. The molecule has 0 aromatic rings. The molecule has 0 spiro atoms. The van der Waals surface area contributed by atoms with Crippen LogP contribution >= 0.6 is 0 Å². The van der Waals surface area contributed by atoms with Crippen molar-refractivity contribution in [1.29, 1.82) is 0 Å². The zero-order valence-electron chi connectivity index (χ0n) is 5.14. The molecule has 1 heterocycles. The van der Waals surface area contributed by atoms with E-state index >= 15 is 0 Å². The number of rotatable bonds is 0. The minimum atomic E-state index is 0.861. The first-order valence-corrected chi connectivity index (χ1v) is 3.43. The van der Waals surface area contributed by atoms with Crippen molar-refractivity contribution in [2.24, 2.45) is 5.92 Å². The molecule has 1 aliphatic heterocycles. The number of nitrogens with zero attached hydrogens (tertiary/aromatic N) is 1. The number of hydrogen-bond donors (Lipinski definition) is 0. The smallest absolute Gasteiger partial charge is 0.152 e. The van der Waals surface area contributed by atoms with Crippen LogP contribution in [0.25, 0.3) is 0 Å². The van der Waals surface area contributed by atoms with Gasteiger partial charge < -0.3 is 0 Å². The van der Waals surface area contributed by atoms with E-state index in [9.17, 15) is 0 Å². The normalized spacial score (nSPS) is 43.8. The number of hydrogen-bond acceptors (Lipinski definition) is 0. The summed E-state index contributed by atoms with van der Waals surface area (Å²) in [5, 5.41) is 0. The highest BCUT2D eigenvalue weighted by atomic mass is 15.1. The lowest BCUT2D eigenvalue weighted by Gasteiger charge is -2.05. The molecular weight excluding hydrogens is 98.1 g/mol. The molecule has 2 atom stereocenters. The summed E-state index contributed by atoms with van der Waals surface area (Å²) in [4.78, 5) is 0. The van der Waals surface area contributed by atoms with Crippen LogP contribution in [-0.4, -0.2) is 23.9 Å². The van der Waals surface area contributed by atoms with Gasteiger partial charge in [-0.15, -0.1) is 0 Å². The first-order valence-electron chi connectivity index (χ1n) is 3.43. The Morgan fingerprint density at radius 1 is 1.38 bits per heavy atom. The van der Waals surface area contributed by atoms with E-state index in [1.807, 2.05) is 0 Å².